The second-order valence-electron chi connectivity index (χ2n) is 4.11. The second kappa shape index (κ2) is 3.35. The minimum atomic E-state index is -0.163. The minimum Gasteiger partial charge on any atom is -0.434 e. The Kier molecular flexibility index (Phi) is 1.99. The van der Waals surface area contributed by atoms with Gasteiger partial charge in [-0.25, -0.2) is 0 Å². The number of ether oxygens (including phenoxy) is 2. The van der Waals surface area contributed by atoms with E-state index in [-0.39, 0.29) is 24.1 Å². The topological polar surface area (TPSA) is 35.5 Å². The number of carbonyl (C=O) groups is 1. The van der Waals surface area contributed by atoms with E-state index in [1.54, 1.807) is 0 Å². The summed E-state index contributed by atoms with van der Waals surface area (Å²) in [6.07, 6.45) is 12.2. The third kappa shape index (κ3) is 1.43. The highest BCUT2D eigenvalue weighted by Gasteiger charge is 2.41. The summed E-state index contributed by atoms with van der Waals surface area (Å²) in [5.74, 6) is 0.0200. The highest BCUT2D eigenvalue weighted by atomic mass is 16.5. The fourth-order valence-electron chi connectivity index (χ4n) is 2.38. The van der Waals surface area contributed by atoms with Gasteiger partial charge in [-0.15, -0.1) is 0 Å². The maximum absolute atomic E-state index is 11.5. The smallest absolute Gasteiger partial charge is 0.316 e. The third-order valence-corrected chi connectivity index (χ3v) is 3.18. The van der Waals surface area contributed by atoms with Crippen molar-refractivity contribution < 1.29 is 14.3 Å². The van der Waals surface area contributed by atoms with Crippen LogP contribution in [0, 0.1) is 11.8 Å². The molecule has 2 heterocycles. The van der Waals surface area contributed by atoms with Crippen LogP contribution in [0.1, 0.15) is 6.42 Å². The van der Waals surface area contributed by atoms with Gasteiger partial charge in [0.1, 0.15) is 0 Å². The zero-order chi connectivity index (χ0) is 10.3. The average Bonchev–Trinajstić information content (AvgIpc) is 2.27. The molecule has 15 heavy (non-hydrogen) atoms. The van der Waals surface area contributed by atoms with Gasteiger partial charge in [0.25, 0.3) is 0 Å². The van der Waals surface area contributed by atoms with Crippen molar-refractivity contribution in [3.05, 3.63) is 36.6 Å². The van der Waals surface area contributed by atoms with Crippen LogP contribution in [-0.4, -0.2) is 18.2 Å². The molecular formula is C12H12O3. The lowest BCUT2D eigenvalue weighted by molar-refractivity contribution is -0.158. The van der Waals surface area contributed by atoms with Crippen LogP contribution in [0.15, 0.2) is 36.6 Å². The lowest BCUT2D eigenvalue weighted by Crippen LogP contribution is -2.44. The number of allylic oxidation sites excluding steroid dienone is 2. The fourth-order valence-corrected chi connectivity index (χ4v) is 2.38. The lowest BCUT2D eigenvalue weighted by atomic mass is 9.81. The Morgan fingerprint density at radius 2 is 2.00 bits per heavy atom. The predicted octanol–water partition coefficient (Wildman–Crippen LogP) is 1.57. The summed E-state index contributed by atoms with van der Waals surface area (Å²) >= 11 is 0. The summed E-state index contributed by atoms with van der Waals surface area (Å²) in [5.41, 5.74) is 0. The van der Waals surface area contributed by atoms with Crippen molar-refractivity contribution >= 4 is 5.97 Å². The van der Waals surface area contributed by atoms with E-state index in [9.17, 15) is 4.79 Å². The second-order valence-corrected chi connectivity index (χ2v) is 4.11. The Hall–Kier alpha value is -1.35. The number of hydrogen-bond acceptors (Lipinski definition) is 3. The van der Waals surface area contributed by atoms with Gasteiger partial charge in [0, 0.05) is 5.92 Å². The maximum Gasteiger partial charge on any atom is 0.316 e. The number of carbonyl (C=O) groups excluding carboxylic acids is 1. The van der Waals surface area contributed by atoms with Gasteiger partial charge in [-0.2, -0.15) is 0 Å². The van der Waals surface area contributed by atoms with Gasteiger partial charge >= 0.3 is 5.97 Å². The maximum atomic E-state index is 11.5. The lowest BCUT2D eigenvalue weighted by Gasteiger charge is -2.39. The zero-order valence-corrected chi connectivity index (χ0v) is 8.21. The standard InChI is InChI=1S/C12H12O3/c13-12-9-7-8-3-1-2-4-10(8)15-11(9)5-6-14-12/h1-6,8-11H,7H2. The van der Waals surface area contributed by atoms with E-state index in [4.69, 9.17) is 9.47 Å². The molecule has 0 aromatic rings. The Morgan fingerprint density at radius 1 is 1.13 bits per heavy atom. The molecule has 0 saturated carbocycles. The first kappa shape index (κ1) is 8.92. The van der Waals surface area contributed by atoms with Crippen LogP contribution in [0.2, 0.25) is 0 Å². The normalized spacial score (nSPS) is 42.0. The zero-order valence-electron chi connectivity index (χ0n) is 8.21. The molecule has 0 aromatic heterocycles. The highest BCUT2D eigenvalue weighted by Crippen LogP contribution is 2.35. The largest absolute Gasteiger partial charge is 0.434 e. The van der Waals surface area contributed by atoms with Gasteiger partial charge in [0.2, 0.25) is 0 Å². The Morgan fingerprint density at radius 3 is 2.93 bits per heavy atom. The van der Waals surface area contributed by atoms with Crippen LogP contribution in [-0.2, 0) is 14.3 Å². The molecule has 0 bridgehead atoms. The number of hydrogen-bond donors (Lipinski definition) is 0. The number of cyclic esters (lactones) is 1. The molecule has 0 spiro atoms. The van der Waals surface area contributed by atoms with Crippen LogP contribution >= 0.6 is 0 Å². The third-order valence-electron chi connectivity index (χ3n) is 3.18. The van der Waals surface area contributed by atoms with Gasteiger partial charge in [-0.3, -0.25) is 4.79 Å². The van der Waals surface area contributed by atoms with Crippen molar-refractivity contribution in [2.45, 2.75) is 18.6 Å². The molecule has 2 aliphatic heterocycles. The molecule has 78 valence electrons. The van der Waals surface area contributed by atoms with Crippen molar-refractivity contribution in [3.63, 3.8) is 0 Å². The van der Waals surface area contributed by atoms with E-state index >= 15 is 0 Å². The van der Waals surface area contributed by atoms with Crippen molar-refractivity contribution in [2.75, 3.05) is 0 Å². The molecule has 1 fully saturated rings. The first-order chi connectivity index (χ1) is 7.34. The number of fused-ring (bicyclic) bond motifs is 2. The van der Waals surface area contributed by atoms with Gasteiger partial charge in [0.05, 0.1) is 24.4 Å². The Labute approximate surface area is 88.1 Å². The molecule has 3 rings (SSSR count). The van der Waals surface area contributed by atoms with E-state index in [2.05, 4.69) is 12.2 Å². The van der Waals surface area contributed by atoms with Crippen LogP contribution < -0.4 is 0 Å². The molecule has 1 saturated heterocycles. The first-order valence-electron chi connectivity index (χ1n) is 5.22. The van der Waals surface area contributed by atoms with Crippen molar-refractivity contribution in [1.82, 2.24) is 0 Å². The molecule has 4 atom stereocenters. The Balaban J connectivity index is 1.86. The molecule has 3 heteroatoms. The Bertz CT molecular complexity index is 367. The quantitative estimate of drug-likeness (QED) is 0.562. The van der Waals surface area contributed by atoms with Crippen molar-refractivity contribution in [1.29, 1.82) is 0 Å². The average molecular weight is 204 g/mol. The monoisotopic (exact) mass is 204 g/mol. The van der Waals surface area contributed by atoms with E-state index in [0.717, 1.165) is 6.42 Å². The van der Waals surface area contributed by atoms with E-state index in [1.807, 2.05) is 18.2 Å². The summed E-state index contributed by atoms with van der Waals surface area (Å²) in [5, 5.41) is 0. The van der Waals surface area contributed by atoms with Crippen LogP contribution in [0.25, 0.3) is 0 Å². The predicted molar refractivity (Wildman–Crippen MR) is 53.8 cm³/mol. The summed E-state index contributed by atoms with van der Waals surface area (Å²) in [4.78, 5) is 11.5. The number of esters is 1. The fraction of sp³-hybridized carbons (Fsp3) is 0.417. The molecule has 0 amide bonds. The summed E-state index contributed by atoms with van der Waals surface area (Å²) in [7, 11) is 0. The SMILES string of the molecule is O=C1OC=CC2OC3C=CC=CC3CC12. The number of rotatable bonds is 0. The molecular weight excluding hydrogens is 192 g/mol. The molecule has 0 aromatic carbocycles. The summed E-state index contributed by atoms with van der Waals surface area (Å²) < 4.78 is 10.7. The van der Waals surface area contributed by atoms with Crippen LogP contribution in [0.5, 0.6) is 0 Å². The van der Waals surface area contributed by atoms with Crippen LogP contribution in [0.4, 0.5) is 0 Å². The highest BCUT2D eigenvalue weighted by molar-refractivity contribution is 5.75. The van der Waals surface area contributed by atoms with Gasteiger partial charge in [-0.1, -0.05) is 24.3 Å². The first-order valence-corrected chi connectivity index (χ1v) is 5.22. The van der Waals surface area contributed by atoms with E-state index in [0.29, 0.717) is 5.92 Å². The van der Waals surface area contributed by atoms with Crippen molar-refractivity contribution in [2.24, 2.45) is 11.8 Å². The van der Waals surface area contributed by atoms with Gasteiger partial charge in [-0.05, 0) is 12.5 Å². The van der Waals surface area contributed by atoms with Gasteiger partial charge < -0.3 is 9.47 Å². The molecule has 0 N–H and O–H groups in total. The van der Waals surface area contributed by atoms with Crippen molar-refractivity contribution in [3.8, 4) is 0 Å². The molecule has 3 nitrogen and oxygen atoms in total. The molecule has 0 radical (unpaired) electrons. The molecule has 1 aliphatic carbocycles. The molecule has 3 aliphatic rings. The molecule has 4 unspecified atom stereocenters. The van der Waals surface area contributed by atoms with Gasteiger partial charge in [0.15, 0.2) is 0 Å². The minimum absolute atomic E-state index is 0.108. The summed E-state index contributed by atoms with van der Waals surface area (Å²) in [6.45, 7) is 0. The summed E-state index contributed by atoms with van der Waals surface area (Å²) in [6, 6.07) is 0. The van der Waals surface area contributed by atoms with Crippen LogP contribution in [0.3, 0.4) is 0 Å². The van der Waals surface area contributed by atoms with E-state index in [1.165, 1.54) is 6.26 Å². The van der Waals surface area contributed by atoms with E-state index < -0.39 is 0 Å².